The average Bonchev–Trinajstić information content (AvgIpc) is 2.87. The second-order valence-corrected chi connectivity index (χ2v) is 10.2. The first-order valence-electron chi connectivity index (χ1n) is 12.9. The number of hydrogen-bond acceptors (Lipinski definition) is 10. The normalized spacial score (nSPS) is 29.6. The highest BCUT2D eigenvalue weighted by Gasteiger charge is 2.51. The molecule has 0 aromatic rings. The van der Waals surface area contributed by atoms with Crippen molar-refractivity contribution in [2.24, 2.45) is 5.41 Å². The molecule has 10 heteroatoms. The summed E-state index contributed by atoms with van der Waals surface area (Å²) in [5.41, 5.74) is -0.888. The Morgan fingerprint density at radius 3 is 1.89 bits per heavy atom. The van der Waals surface area contributed by atoms with Crippen LogP contribution in [-0.4, -0.2) is 111 Å². The van der Waals surface area contributed by atoms with Gasteiger partial charge >= 0.3 is 0 Å². The highest BCUT2D eigenvalue weighted by Crippen LogP contribution is 2.39. The van der Waals surface area contributed by atoms with E-state index in [-0.39, 0.29) is 0 Å². The summed E-state index contributed by atoms with van der Waals surface area (Å²) in [5, 5.41) is 61.7. The first kappa shape index (κ1) is 32.6. The molecule has 0 aromatic heterocycles. The Hall–Kier alpha value is -0.400. The van der Waals surface area contributed by atoms with Gasteiger partial charge in [0.1, 0.15) is 36.6 Å². The zero-order valence-corrected chi connectivity index (χ0v) is 22.5. The van der Waals surface area contributed by atoms with Gasteiger partial charge in [-0.25, -0.2) is 0 Å². The minimum atomic E-state index is -1.53. The molecule has 35 heavy (non-hydrogen) atoms. The van der Waals surface area contributed by atoms with Crippen molar-refractivity contribution in [3.63, 3.8) is 0 Å². The maximum Gasteiger partial charge on any atom is 0.186 e. The predicted molar refractivity (Wildman–Crippen MR) is 130 cm³/mol. The van der Waals surface area contributed by atoms with Crippen molar-refractivity contribution in [1.82, 2.24) is 0 Å². The molecule has 0 saturated carbocycles. The van der Waals surface area contributed by atoms with Crippen molar-refractivity contribution in [2.45, 2.75) is 135 Å². The van der Waals surface area contributed by atoms with Crippen LogP contribution in [0.4, 0.5) is 0 Å². The molecule has 0 amide bonds. The van der Waals surface area contributed by atoms with E-state index in [2.05, 4.69) is 0 Å². The molecule has 1 rings (SSSR count). The summed E-state index contributed by atoms with van der Waals surface area (Å²) in [5.74, 6) is 0. The minimum absolute atomic E-state index is 0.443. The van der Waals surface area contributed by atoms with Crippen LogP contribution in [0.1, 0.15) is 74.1 Å². The van der Waals surface area contributed by atoms with E-state index in [1.54, 1.807) is 6.92 Å². The maximum absolute atomic E-state index is 10.9. The van der Waals surface area contributed by atoms with Crippen LogP contribution >= 0.6 is 0 Å². The van der Waals surface area contributed by atoms with E-state index < -0.39 is 86.0 Å². The molecule has 0 aromatic carbocycles. The van der Waals surface area contributed by atoms with E-state index in [0.29, 0.717) is 12.8 Å². The van der Waals surface area contributed by atoms with Crippen LogP contribution in [0.25, 0.3) is 0 Å². The fraction of sp³-hybridized carbons (Fsp3) is 1.00. The largest absolute Gasteiger partial charge is 0.394 e. The van der Waals surface area contributed by atoms with Gasteiger partial charge in [-0.3, -0.25) is 0 Å². The van der Waals surface area contributed by atoms with Crippen LogP contribution in [0.15, 0.2) is 0 Å². The number of ether oxygens (including phenoxy) is 4. The second-order valence-electron chi connectivity index (χ2n) is 10.2. The van der Waals surface area contributed by atoms with E-state index >= 15 is 0 Å². The Morgan fingerprint density at radius 1 is 0.886 bits per heavy atom. The first-order valence-corrected chi connectivity index (χ1v) is 12.9. The van der Waals surface area contributed by atoms with E-state index in [4.69, 9.17) is 18.9 Å². The van der Waals surface area contributed by atoms with Gasteiger partial charge in [-0.1, -0.05) is 34.6 Å². The molecular weight excluding hydrogens is 460 g/mol. The summed E-state index contributed by atoms with van der Waals surface area (Å²) < 4.78 is 23.8. The van der Waals surface area contributed by atoms with Gasteiger partial charge in [-0.05, 0) is 44.9 Å². The third-order valence-corrected chi connectivity index (χ3v) is 7.94. The zero-order valence-electron chi connectivity index (χ0n) is 22.5. The second kappa shape index (κ2) is 14.5. The van der Waals surface area contributed by atoms with E-state index in [1.807, 2.05) is 41.5 Å². The molecule has 1 heterocycles. The molecule has 9 atom stereocenters. The van der Waals surface area contributed by atoms with Crippen LogP contribution in [0.5, 0.6) is 0 Å². The molecule has 1 fully saturated rings. The molecule has 1 aliphatic heterocycles. The SMILES string of the molecule is CCC(C)(CC)O[C@@H](C)C(CO)OC(OC1C(O)C(O)[C@H](C(C)(CC)CC)O[C@H]1CO)[C@@H](O)CO. The Labute approximate surface area is 210 Å². The number of aliphatic hydroxyl groups excluding tert-OH is 6. The Balaban J connectivity index is 3.11. The molecule has 1 aliphatic rings. The lowest BCUT2D eigenvalue weighted by Gasteiger charge is -2.49. The lowest BCUT2D eigenvalue weighted by atomic mass is 9.73. The van der Waals surface area contributed by atoms with Crippen LogP contribution in [0, 0.1) is 5.41 Å². The third kappa shape index (κ3) is 8.04. The number of rotatable bonds is 16. The van der Waals surface area contributed by atoms with Crippen molar-refractivity contribution >= 4 is 0 Å². The summed E-state index contributed by atoms with van der Waals surface area (Å²) >= 11 is 0. The molecule has 10 nitrogen and oxygen atoms in total. The van der Waals surface area contributed by atoms with Crippen molar-refractivity contribution in [3.05, 3.63) is 0 Å². The van der Waals surface area contributed by atoms with Gasteiger partial charge < -0.3 is 49.6 Å². The molecule has 0 bridgehead atoms. The first-order chi connectivity index (χ1) is 16.4. The van der Waals surface area contributed by atoms with Crippen LogP contribution in [-0.2, 0) is 18.9 Å². The average molecular weight is 511 g/mol. The third-order valence-electron chi connectivity index (χ3n) is 7.94. The summed E-state index contributed by atoms with van der Waals surface area (Å²) in [6.07, 6.45) is -7.49. The smallest absolute Gasteiger partial charge is 0.186 e. The van der Waals surface area contributed by atoms with E-state index in [1.165, 1.54) is 0 Å². The Morgan fingerprint density at radius 2 is 1.46 bits per heavy atom. The Kier molecular flexibility index (Phi) is 13.5. The molecule has 0 aliphatic carbocycles. The van der Waals surface area contributed by atoms with Gasteiger partial charge in [0.25, 0.3) is 0 Å². The van der Waals surface area contributed by atoms with Crippen molar-refractivity contribution < 1.29 is 49.6 Å². The van der Waals surface area contributed by atoms with Gasteiger partial charge in [0.15, 0.2) is 6.29 Å². The van der Waals surface area contributed by atoms with Crippen molar-refractivity contribution in [2.75, 3.05) is 19.8 Å². The molecule has 6 N–H and O–H groups in total. The van der Waals surface area contributed by atoms with Crippen LogP contribution < -0.4 is 0 Å². The fourth-order valence-electron chi connectivity index (χ4n) is 4.35. The summed E-state index contributed by atoms with van der Waals surface area (Å²) in [6, 6.07) is 0. The minimum Gasteiger partial charge on any atom is -0.394 e. The Bertz CT molecular complexity index is 581. The van der Waals surface area contributed by atoms with Crippen molar-refractivity contribution in [3.8, 4) is 0 Å². The lowest BCUT2D eigenvalue weighted by molar-refractivity contribution is -0.323. The van der Waals surface area contributed by atoms with Gasteiger partial charge in [-0.2, -0.15) is 0 Å². The highest BCUT2D eigenvalue weighted by molar-refractivity contribution is 4.99. The molecule has 0 spiro atoms. The molecular formula is C25H50O10. The quantitative estimate of drug-likeness (QED) is 0.163. The molecule has 5 unspecified atom stereocenters. The number of hydrogen-bond donors (Lipinski definition) is 6. The van der Waals surface area contributed by atoms with Crippen LogP contribution in [0.2, 0.25) is 0 Å². The fourth-order valence-corrected chi connectivity index (χ4v) is 4.35. The zero-order chi connectivity index (χ0) is 27.0. The topological polar surface area (TPSA) is 158 Å². The monoisotopic (exact) mass is 510 g/mol. The summed E-state index contributed by atoms with van der Waals surface area (Å²) in [7, 11) is 0. The maximum atomic E-state index is 10.9. The van der Waals surface area contributed by atoms with Gasteiger partial charge in [0.2, 0.25) is 0 Å². The highest BCUT2D eigenvalue weighted by atomic mass is 16.7. The van der Waals surface area contributed by atoms with Gasteiger partial charge in [-0.15, -0.1) is 0 Å². The lowest BCUT2D eigenvalue weighted by Crippen LogP contribution is -2.64. The van der Waals surface area contributed by atoms with E-state index in [0.717, 1.165) is 12.8 Å². The van der Waals surface area contributed by atoms with Gasteiger partial charge in [0.05, 0.1) is 37.6 Å². The molecule has 210 valence electrons. The van der Waals surface area contributed by atoms with E-state index in [9.17, 15) is 30.6 Å². The molecule has 0 radical (unpaired) electrons. The molecule has 1 saturated heterocycles. The summed E-state index contributed by atoms with van der Waals surface area (Å²) in [4.78, 5) is 0. The van der Waals surface area contributed by atoms with Gasteiger partial charge in [0, 0.05) is 0 Å². The standard InChI is InChI=1S/C25H50O10/c1-8-24(6,9-2)22-20(31)19(30)21(18(14-28)32-22)34-23(16(29)12-26)33-17(13-27)15(5)35-25(7,10-3)11-4/h15-23,26-31H,8-14H2,1-7H3/t15-,16-,17?,18-,19?,20?,21?,22+,23?/m0/s1. The van der Waals surface area contributed by atoms with Crippen molar-refractivity contribution in [1.29, 1.82) is 0 Å². The number of aliphatic hydroxyl groups is 6. The summed E-state index contributed by atoms with van der Waals surface area (Å²) in [6.45, 7) is 11.9. The van der Waals surface area contributed by atoms with Crippen LogP contribution in [0.3, 0.4) is 0 Å². The predicted octanol–water partition coefficient (Wildman–Crippen LogP) is 0.720.